The Bertz CT molecular complexity index is 1430. The van der Waals surface area contributed by atoms with Crippen molar-refractivity contribution in [3.05, 3.63) is 69.8 Å². The zero-order valence-corrected chi connectivity index (χ0v) is 12.2. The quantitative estimate of drug-likeness (QED) is 0.402. The molecule has 0 atom stereocenters. The van der Waals surface area contributed by atoms with Crippen molar-refractivity contribution in [2.24, 2.45) is 0 Å². The van der Waals surface area contributed by atoms with E-state index in [1.165, 1.54) is 0 Å². The van der Waals surface area contributed by atoms with Crippen LogP contribution in [0.3, 0.4) is 0 Å². The van der Waals surface area contributed by atoms with E-state index >= 15 is 0 Å². The van der Waals surface area contributed by atoms with Gasteiger partial charge in [0, 0.05) is 57.1 Å². The number of pyridine rings is 2. The van der Waals surface area contributed by atoms with E-state index in [9.17, 15) is 9.59 Å². The van der Waals surface area contributed by atoms with Gasteiger partial charge in [-0.25, -0.2) is 9.97 Å². The molecule has 4 heterocycles. The normalized spacial score (nSPS) is 12.5. The van der Waals surface area contributed by atoms with Crippen molar-refractivity contribution in [1.29, 1.82) is 0 Å². The minimum Gasteiger partial charge on any atom is -0.268 e. The van der Waals surface area contributed by atoms with Crippen molar-refractivity contribution in [2.75, 3.05) is 0 Å². The standard InChI is InChI=1S/C18H8N4O2/c23-17-11-3-4-12-14-10(16-20-6-8-22(16)18(12)24)2-1-9(13(11)14)15-19-5-7-21(15)17/h1-8H. The average molecular weight is 312 g/mol. The molecule has 4 aromatic heterocycles. The van der Waals surface area contributed by atoms with Crippen LogP contribution in [0.2, 0.25) is 0 Å². The Hall–Kier alpha value is -3.54. The Morgan fingerprint density at radius 3 is 1.50 bits per heavy atom. The molecule has 0 amide bonds. The van der Waals surface area contributed by atoms with Gasteiger partial charge in [-0.15, -0.1) is 0 Å². The topological polar surface area (TPSA) is 68.7 Å². The van der Waals surface area contributed by atoms with Crippen molar-refractivity contribution in [2.45, 2.75) is 0 Å². The summed E-state index contributed by atoms with van der Waals surface area (Å²) in [5.74, 6) is 0. The second-order valence-electron chi connectivity index (χ2n) is 5.92. The first-order valence-electron chi connectivity index (χ1n) is 7.52. The van der Waals surface area contributed by atoms with Gasteiger partial charge >= 0.3 is 0 Å². The molecule has 112 valence electrons. The number of imidazole rings is 2. The van der Waals surface area contributed by atoms with Crippen molar-refractivity contribution in [1.82, 2.24) is 18.8 Å². The van der Waals surface area contributed by atoms with E-state index in [0.29, 0.717) is 22.1 Å². The summed E-state index contributed by atoms with van der Waals surface area (Å²) in [5, 5.41) is 4.48. The number of rotatable bonds is 0. The first kappa shape index (κ1) is 12.0. The van der Waals surface area contributed by atoms with E-state index in [4.69, 9.17) is 0 Å². The minimum atomic E-state index is -0.125. The molecule has 6 heteroatoms. The van der Waals surface area contributed by atoms with Crippen molar-refractivity contribution < 1.29 is 0 Å². The van der Waals surface area contributed by atoms with E-state index in [0.717, 1.165) is 21.5 Å². The zero-order valence-electron chi connectivity index (χ0n) is 12.2. The highest BCUT2D eigenvalue weighted by molar-refractivity contribution is 6.27. The molecule has 0 radical (unpaired) electrons. The van der Waals surface area contributed by atoms with Crippen LogP contribution in [0.25, 0.3) is 43.6 Å². The third-order valence-corrected chi connectivity index (χ3v) is 4.82. The maximum absolute atomic E-state index is 12.8. The van der Waals surface area contributed by atoms with Crippen LogP contribution in [0.5, 0.6) is 0 Å². The van der Waals surface area contributed by atoms with Crippen LogP contribution < -0.4 is 11.1 Å². The van der Waals surface area contributed by atoms with Crippen molar-refractivity contribution >= 4 is 43.6 Å². The molecular formula is C18H8N4O2. The van der Waals surface area contributed by atoms with Crippen LogP contribution in [0, 0.1) is 0 Å². The van der Waals surface area contributed by atoms with Gasteiger partial charge in [-0.05, 0) is 24.3 Å². The third kappa shape index (κ3) is 1.13. The van der Waals surface area contributed by atoms with E-state index in [2.05, 4.69) is 9.97 Å². The SMILES string of the molecule is O=c1c2ccc3c(=O)n4ccnc4c4ccc(c2c34)c2nccn12. The fourth-order valence-corrected chi connectivity index (χ4v) is 3.82. The first-order valence-corrected chi connectivity index (χ1v) is 7.52. The summed E-state index contributed by atoms with van der Waals surface area (Å²) in [5.41, 5.74) is 0.968. The largest absolute Gasteiger partial charge is 0.268 e. The Balaban J connectivity index is 2.13. The summed E-state index contributed by atoms with van der Waals surface area (Å²) in [6.45, 7) is 0. The van der Waals surface area contributed by atoms with Crippen LogP contribution in [0.4, 0.5) is 0 Å². The third-order valence-electron chi connectivity index (χ3n) is 4.82. The smallest absolute Gasteiger partial charge is 0.264 e. The Kier molecular flexibility index (Phi) is 1.83. The fraction of sp³-hybridized carbons (Fsp3) is 0. The summed E-state index contributed by atoms with van der Waals surface area (Å²) >= 11 is 0. The molecular weight excluding hydrogens is 304 g/mol. The number of hydrogen-bond donors (Lipinski definition) is 0. The van der Waals surface area contributed by atoms with Crippen molar-refractivity contribution in [3.8, 4) is 0 Å². The average Bonchev–Trinajstić information content (AvgIpc) is 3.27. The Morgan fingerprint density at radius 1 is 0.625 bits per heavy atom. The van der Waals surface area contributed by atoms with Crippen LogP contribution in [0.15, 0.2) is 58.6 Å². The molecule has 0 aliphatic rings. The number of aromatic nitrogens is 4. The van der Waals surface area contributed by atoms with E-state index in [-0.39, 0.29) is 11.1 Å². The molecule has 0 aliphatic heterocycles. The molecule has 6 nitrogen and oxygen atoms in total. The maximum atomic E-state index is 12.8. The molecule has 6 aromatic rings. The molecule has 0 unspecified atom stereocenters. The van der Waals surface area contributed by atoms with E-state index in [1.807, 2.05) is 12.1 Å². The minimum absolute atomic E-state index is 0.125. The van der Waals surface area contributed by atoms with Gasteiger partial charge in [-0.1, -0.05) is 0 Å². The first-order chi connectivity index (χ1) is 11.8. The molecule has 0 aliphatic carbocycles. The molecule has 0 N–H and O–H groups in total. The Morgan fingerprint density at radius 2 is 1.04 bits per heavy atom. The highest BCUT2D eigenvalue weighted by Gasteiger charge is 2.19. The lowest BCUT2D eigenvalue weighted by molar-refractivity contribution is 1.14. The molecule has 2 aromatic carbocycles. The summed E-state index contributed by atoms with van der Waals surface area (Å²) in [7, 11) is 0. The summed E-state index contributed by atoms with van der Waals surface area (Å²) in [6, 6.07) is 7.36. The van der Waals surface area contributed by atoms with Gasteiger partial charge < -0.3 is 0 Å². The van der Waals surface area contributed by atoms with Gasteiger partial charge in [-0.2, -0.15) is 0 Å². The van der Waals surface area contributed by atoms with E-state index < -0.39 is 0 Å². The van der Waals surface area contributed by atoms with Gasteiger partial charge in [0.05, 0.1) is 0 Å². The number of hydrogen-bond acceptors (Lipinski definition) is 4. The predicted molar refractivity (Wildman–Crippen MR) is 91.4 cm³/mol. The molecule has 0 fully saturated rings. The van der Waals surface area contributed by atoms with Crippen LogP contribution >= 0.6 is 0 Å². The highest BCUT2D eigenvalue weighted by atomic mass is 16.1. The number of benzene rings is 2. The van der Waals surface area contributed by atoms with Gasteiger partial charge in [0.1, 0.15) is 11.3 Å². The van der Waals surface area contributed by atoms with Crippen LogP contribution in [-0.2, 0) is 0 Å². The molecule has 0 bridgehead atoms. The van der Waals surface area contributed by atoms with Gasteiger partial charge in [-0.3, -0.25) is 18.4 Å². The summed E-state index contributed by atoms with van der Waals surface area (Å²) in [6.07, 6.45) is 6.56. The Labute approximate surface area is 132 Å². The summed E-state index contributed by atoms with van der Waals surface area (Å²) < 4.78 is 3.09. The number of fused-ring (bicyclic) bond motifs is 4. The molecule has 0 spiro atoms. The van der Waals surface area contributed by atoms with Crippen LogP contribution in [0.1, 0.15) is 0 Å². The fourth-order valence-electron chi connectivity index (χ4n) is 3.82. The number of nitrogens with zero attached hydrogens (tertiary/aromatic N) is 4. The summed E-state index contributed by atoms with van der Waals surface area (Å²) in [4.78, 5) is 34.2. The maximum Gasteiger partial charge on any atom is 0.264 e. The van der Waals surface area contributed by atoms with Gasteiger partial charge in [0.25, 0.3) is 11.1 Å². The molecule has 24 heavy (non-hydrogen) atoms. The van der Waals surface area contributed by atoms with E-state index in [1.54, 1.807) is 45.7 Å². The van der Waals surface area contributed by atoms with Crippen LogP contribution in [-0.4, -0.2) is 18.8 Å². The predicted octanol–water partition coefficient (Wildman–Crippen LogP) is 2.04. The second-order valence-corrected chi connectivity index (χ2v) is 5.92. The second kappa shape index (κ2) is 3.68. The van der Waals surface area contributed by atoms with Gasteiger partial charge in [0.15, 0.2) is 0 Å². The highest BCUT2D eigenvalue weighted by Crippen LogP contribution is 2.34. The molecule has 6 rings (SSSR count). The van der Waals surface area contributed by atoms with Gasteiger partial charge in [0.2, 0.25) is 0 Å². The van der Waals surface area contributed by atoms with Crippen molar-refractivity contribution in [3.63, 3.8) is 0 Å². The lowest BCUT2D eigenvalue weighted by atomic mass is 9.96. The molecule has 0 saturated carbocycles. The lowest BCUT2D eigenvalue weighted by Gasteiger charge is -2.11. The zero-order chi connectivity index (χ0) is 16.0. The monoisotopic (exact) mass is 312 g/mol. The lowest BCUT2D eigenvalue weighted by Crippen LogP contribution is -2.16. The molecule has 0 saturated heterocycles.